The van der Waals surface area contributed by atoms with Crippen molar-refractivity contribution in [1.82, 2.24) is 0 Å². The molecular weight excluding hydrogens is 179 g/mol. The van der Waals surface area contributed by atoms with Crippen LogP contribution in [-0.4, -0.2) is 0 Å². The molecule has 1 aromatic rings. The quantitative estimate of drug-likeness (QED) is 0.725. The highest BCUT2D eigenvalue weighted by Crippen LogP contribution is 2.37. The van der Waals surface area contributed by atoms with Crippen molar-refractivity contribution in [2.45, 2.75) is 25.3 Å². The molecule has 2 rings (SSSR count). The second-order valence-electron chi connectivity index (χ2n) is 4.03. The van der Waals surface area contributed by atoms with Gasteiger partial charge in [-0.15, -0.1) is 0 Å². The van der Waals surface area contributed by atoms with Crippen molar-refractivity contribution in [3.63, 3.8) is 0 Å². The fraction of sp³-hybridized carbons (Fsp3) is 0.455. The molecule has 4 N–H and O–H groups in total. The maximum absolute atomic E-state index is 13.1. The average molecular weight is 194 g/mol. The molecular formula is C11H15FN2. The Bertz CT molecular complexity index is 334. The average Bonchev–Trinajstić information content (AvgIpc) is 2.93. The van der Waals surface area contributed by atoms with Gasteiger partial charge in [-0.2, -0.15) is 0 Å². The van der Waals surface area contributed by atoms with Gasteiger partial charge in [0.25, 0.3) is 0 Å². The molecule has 0 aliphatic heterocycles. The van der Waals surface area contributed by atoms with Crippen molar-refractivity contribution in [1.29, 1.82) is 0 Å². The van der Waals surface area contributed by atoms with Crippen LogP contribution in [0.5, 0.6) is 0 Å². The van der Waals surface area contributed by atoms with E-state index in [1.54, 1.807) is 6.07 Å². The summed E-state index contributed by atoms with van der Waals surface area (Å²) in [6.45, 7) is 0. The van der Waals surface area contributed by atoms with Gasteiger partial charge in [-0.05, 0) is 24.0 Å². The van der Waals surface area contributed by atoms with Crippen LogP contribution in [0.1, 0.15) is 30.9 Å². The first-order chi connectivity index (χ1) is 6.68. The minimum absolute atomic E-state index is 0.113. The van der Waals surface area contributed by atoms with Crippen LogP contribution >= 0.6 is 0 Å². The third kappa shape index (κ3) is 1.87. The van der Waals surface area contributed by atoms with E-state index < -0.39 is 0 Å². The van der Waals surface area contributed by atoms with Crippen LogP contribution in [-0.2, 0) is 0 Å². The van der Waals surface area contributed by atoms with Gasteiger partial charge < -0.3 is 11.5 Å². The van der Waals surface area contributed by atoms with Crippen LogP contribution < -0.4 is 11.5 Å². The van der Waals surface area contributed by atoms with E-state index in [0.29, 0.717) is 0 Å². The van der Waals surface area contributed by atoms with E-state index in [0.717, 1.165) is 17.9 Å². The molecule has 1 atom stereocenters. The summed E-state index contributed by atoms with van der Waals surface area (Å²) >= 11 is 0. The topological polar surface area (TPSA) is 52.0 Å². The molecule has 14 heavy (non-hydrogen) atoms. The van der Waals surface area contributed by atoms with Crippen LogP contribution in [0.3, 0.4) is 0 Å². The number of para-hydroxylation sites is 1. The maximum Gasteiger partial charge on any atom is 0.146 e. The number of nitrogens with two attached hydrogens (primary N) is 2. The molecule has 2 nitrogen and oxygen atoms in total. The van der Waals surface area contributed by atoms with Crippen molar-refractivity contribution in [3.8, 4) is 0 Å². The first-order valence-electron chi connectivity index (χ1n) is 4.98. The second kappa shape index (κ2) is 3.58. The number of anilines is 1. The minimum Gasteiger partial charge on any atom is -0.396 e. The van der Waals surface area contributed by atoms with Crippen LogP contribution in [0.2, 0.25) is 0 Å². The van der Waals surface area contributed by atoms with E-state index in [1.807, 2.05) is 6.07 Å². The summed E-state index contributed by atoms with van der Waals surface area (Å²) in [6, 6.07) is 4.72. The van der Waals surface area contributed by atoms with Crippen LogP contribution in [0.15, 0.2) is 18.2 Å². The predicted octanol–water partition coefficient (Wildman–Crippen LogP) is 2.21. The number of rotatable bonds is 3. The normalized spacial score (nSPS) is 18.1. The van der Waals surface area contributed by atoms with E-state index in [-0.39, 0.29) is 17.5 Å². The molecule has 76 valence electrons. The van der Waals surface area contributed by atoms with E-state index in [4.69, 9.17) is 11.5 Å². The van der Waals surface area contributed by atoms with Crippen LogP contribution in [0.4, 0.5) is 10.1 Å². The van der Waals surface area contributed by atoms with Gasteiger partial charge in [0.15, 0.2) is 0 Å². The van der Waals surface area contributed by atoms with Crippen LogP contribution in [0.25, 0.3) is 0 Å². The zero-order chi connectivity index (χ0) is 10.1. The molecule has 0 spiro atoms. The zero-order valence-electron chi connectivity index (χ0n) is 8.04. The van der Waals surface area contributed by atoms with Gasteiger partial charge in [-0.1, -0.05) is 25.0 Å². The summed E-state index contributed by atoms with van der Waals surface area (Å²) in [7, 11) is 0. The maximum atomic E-state index is 13.1. The highest BCUT2D eigenvalue weighted by Gasteiger charge is 2.25. The Balaban J connectivity index is 2.16. The molecule has 0 heterocycles. The highest BCUT2D eigenvalue weighted by atomic mass is 19.1. The molecule has 0 bridgehead atoms. The first-order valence-corrected chi connectivity index (χ1v) is 4.98. The number of nitrogen functional groups attached to an aromatic ring is 1. The van der Waals surface area contributed by atoms with Gasteiger partial charge in [-0.3, -0.25) is 0 Å². The fourth-order valence-corrected chi connectivity index (χ4v) is 1.72. The smallest absolute Gasteiger partial charge is 0.146 e. The van der Waals surface area contributed by atoms with Gasteiger partial charge in [0.1, 0.15) is 5.82 Å². The lowest BCUT2D eigenvalue weighted by atomic mass is 10.0. The summed E-state index contributed by atoms with van der Waals surface area (Å²) in [4.78, 5) is 0. The molecule has 0 saturated heterocycles. The number of halogens is 1. The summed E-state index contributed by atoms with van der Waals surface area (Å²) in [5, 5.41) is 0. The van der Waals surface area contributed by atoms with E-state index in [2.05, 4.69) is 0 Å². The minimum atomic E-state index is -0.367. The van der Waals surface area contributed by atoms with Crippen molar-refractivity contribution >= 4 is 5.69 Å². The van der Waals surface area contributed by atoms with Crippen molar-refractivity contribution in [2.75, 3.05) is 5.73 Å². The molecule has 1 aliphatic carbocycles. The Morgan fingerprint density at radius 1 is 1.43 bits per heavy atom. The molecule has 0 radical (unpaired) electrons. The van der Waals surface area contributed by atoms with E-state index in [1.165, 1.54) is 18.9 Å². The molecule has 1 aromatic carbocycles. The first kappa shape index (κ1) is 9.46. The summed E-state index contributed by atoms with van der Waals surface area (Å²) in [5.41, 5.74) is 12.5. The molecule has 1 saturated carbocycles. The largest absolute Gasteiger partial charge is 0.396 e. The Labute approximate surface area is 83.1 Å². The summed E-state index contributed by atoms with van der Waals surface area (Å²) in [5.74, 6) is 0.362. The van der Waals surface area contributed by atoms with Crippen molar-refractivity contribution < 1.29 is 4.39 Å². The third-order valence-electron chi connectivity index (χ3n) is 2.77. The van der Waals surface area contributed by atoms with Gasteiger partial charge in [-0.25, -0.2) is 4.39 Å². The molecule has 0 unspecified atom stereocenters. The highest BCUT2D eigenvalue weighted by molar-refractivity contribution is 5.49. The Morgan fingerprint density at radius 3 is 2.79 bits per heavy atom. The fourth-order valence-electron chi connectivity index (χ4n) is 1.72. The third-order valence-corrected chi connectivity index (χ3v) is 2.77. The standard InChI is InChI=1S/C11H15FN2/c12-9-3-1-2-8(11(9)14)10(13)6-7-4-5-7/h1-3,7,10H,4-6,13-14H2/t10-/m1/s1. The number of benzene rings is 1. The Kier molecular flexibility index (Phi) is 2.42. The zero-order valence-corrected chi connectivity index (χ0v) is 8.04. The SMILES string of the molecule is Nc1c(F)cccc1[C@H](N)CC1CC1. The monoisotopic (exact) mass is 194 g/mol. The Hall–Kier alpha value is -1.09. The van der Waals surface area contributed by atoms with Gasteiger partial charge in [0.05, 0.1) is 5.69 Å². The summed E-state index contributed by atoms with van der Waals surface area (Å²) in [6.07, 6.45) is 3.43. The van der Waals surface area contributed by atoms with Crippen molar-refractivity contribution in [2.24, 2.45) is 11.7 Å². The van der Waals surface area contributed by atoms with Gasteiger partial charge in [0, 0.05) is 6.04 Å². The molecule has 0 aromatic heterocycles. The predicted molar refractivity (Wildman–Crippen MR) is 55.1 cm³/mol. The lowest BCUT2D eigenvalue weighted by Crippen LogP contribution is -2.13. The summed E-state index contributed by atoms with van der Waals surface area (Å²) < 4.78 is 13.1. The number of hydrogen-bond donors (Lipinski definition) is 2. The Morgan fingerprint density at radius 2 is 2.14 bits per heavy atom. The lowest BCUT2D eigenvalue weighted by molar-refractivity contribution is 0.587. The molecule has 1 fully saturated rings. The van der Waals surface area contributed by atoms with Gasteiger partial charge >= 0.3 is 0 Å². The molecule has 1 aliphatic rings. The van der Waals surface area contributed by atoms with E-state index in [9.17, 15) is 4.39 Å². The van der Waals surface area contributed by atoms with E-state index >= 15 is 0 Å². The molecule has 3 heteroatoms. The second-order valence-corrected chi connectivity index (χ2v) is 4.03. The lowest BCUT2D eigenvalue weighted by Gasteiger charge is -2.14. The van der Waals surface area contributed by atoms with Crippen molar-refractivity contribution in [3.05, 3.63) is 29.6 Å². The molecule has 0 amide bonds. The number of hydrogen-bond acceptors (Lipinski definition) is 2. The van der Waals surface area contributed by atoms with Crippen LogP contribution in [0, 0.1) is 11.7 Å². The van der Waals surface area contributed by atoms with Gasteiger partial charge in [0.2, 0.25) is 0 Å².